The largest absolute Gasteiger partial charge is 0.371 e. The molecule has 2 nitrogen and oxygen atoms in total. The van der Waals surface area contributed by atoms with Crippen molar-refractivity contribution in [2.24, 2.45) is 17.6 Å². The number of anilines is 1. The van der Waals surface area contributed by atoms with E-state index in [1.54, 1.807) is 0 Å². The topological polar surface area (TPSA) is 29.3 Å². The van der Waals surface area contributed by atoms with E-state index in [2.05, 4.69) is 30.9 Å². The van der Waals surface area contributed by atoms with Gasteiger partial charge in [0, 0.05) is 30.3 Å². The molecule has 1 aliphatic rings. The maximum Gasteiger partial charge on any atom is 0.0471 e. The van der Waals surface area contributed by atoms with E-state index in [0.29, 0.717) is 6.54 Å². The number of hydrogen-bond acceptors (Lipinski definition) is 2. The Kier molecular flexibility index (Phi) is 4.52. The van der Waals surface area contributed by atoms with Crippen molar-refractivity contribution >= 4 is 17.3 Å². The van der Waals surface area contributed by atoms with E-state index in [-0.39, 0.29) is 0 Å². The van der Waals surface area contributed by atoms with Gasteiger partial charge in [0.15, 0.2) is 0 Å². The molecular weight excluding hydrogens is 244 g/mol. The lowest BCUT2D eigenvalue weighted by Crippen LogP contribution is -2.35. The van der Waals surface area contributed by atoms with Gasteiger partial charge in [-0.3, -0.25) is 0 Å². The zero-order chi connectivity index (χ0) is 13.1. The van der Waals surface area contributed by atoms with E-state index < -0.39 is 0 Å². The van der Waals surface area contributed by atoms with Crippen molar-refractivity contribution in [3.05, 3.63) is 28.8 Å². The first-order chi connectivity index (χ1) is 8.61. The summed E-state index contributed by atoms with van der Waals surface area (Å²) < 4.78 is 0. The summed E-state index contributed by atoms with van der Waals surface area (Å²) in [6.07, 6.45) is 2.57. The highest BCUT2D eigenvalue weighted by Crippen LogP contribution is 2.30. The fourth-order valence-electron chi connectivity index (χ4n) is 2.72. The van der Waals surface area contributed by atoms with Crippen LogP contribution in [0, 0.1) is 11.8 Å². The van der Waals surface area contributed by atoms with Crippen LogP contribution in [0.5, 0.6) is 0 Å². The third-order valence-corrected chi connectivity index (χ3v) is 4.46. The maximum absolute atomic E-state index is 6.22. The molecule has 0 saturated carbocycles. The standard InChI is InChI=1S/C15H23ClN2/c1-11(2)12-5-7-18(8-6-12)14-4-3-13(10-17)15(16)9-14/h3-4,9,11-12H,5-8,10,17H2,1-2H3. The van der Waals surface area contributed by atoms with Gasteiger partial charge in [-0.1, -0.05) is 31.5 Å². The highest BCUT2D eigenvalue weighted by molar-refractivity contribution is 6.31. The van der Waals surface area contributed by atoms with Crippen LogP contribution in [0.25, 0.3) is 0 Å². The van der Waals surface area contributed by atoms with Gasteiger partial charge in [0.05, 0.1) is 0 Å². The number of halogens is 1. The van der Waals surface area contributed by atoms with Crippen LogP contribution in [-0.4, -0.2) is 13.1 Å². The van der Waals surface area contributed by atoms with Crippen LogP contribution < -0.4 is 10.6 Å². The number of piperidine rings is 1. The molecule has 100 valence electrons. The molecule has 2 rings (SSSR count). The fraction of sp³-hybridized carbons (Fsp3) is 0.600. The van der Waals surface area contributed by atoms with Crippen LogP contribution in [0.2, 0.25) is 5.02 Å². The molecule has 0 aliphatic carbocycles. The predicted molar refractivity (Wildman–Crippen MR) is 79.1 cm³/mol. The number of benzene rings is 1. The van der Waals surface area contributed by atoms with Gasteiger partial charge in [-0.25, -0.2) is 0 Å². The monoisotopic (exact) mass is 266 g/mol. The van der Waals surface area contributed by atoms with Crippen LogP contribution in [0.3, 0.4) is 0 Å². The van der Waals surface area contributed by atoms with E-state index in [1.807, 2.05) is 6.07 Å². The second kappa shape index (κ2) is 5.94. The van der Waals surface area contributed by atoms with Crippen LogP contribution >= 0.6 is 11.6 Å². The van der Waals surface area contributed by atoms with Gasteiger partial charge in [-0.15, -0.1) is 0 Å². The minimum atomic E-state index is 0.508. The molecule has 0 unspecified atom stereocenters. The Balaban J connectivity index is 2.03. The molecule has 1 saturated heterocycles. The quantitative estimate of drug-likeness (QED) is 0.905. The van der Waals surface area contributed by atoms with Crippen LogP contribution in [0.1, 0.15) is 32.3 Å². The summed E-state index contributed by atoms with van der Waals surface area (Å²) in [6, 6.07) is 6.25. The van der Waals surface area contributed by atoms with Crippen molar-refractivity contribution in [3.8, 4) is 0 Å². The first kappa shape index (κ1) is 13.7. The van der Waals surface area contributed by atoms with Crippen molar-refractivity contribution in [2.75, 3.05) is 18.0 Å². The lowest BCUT2D eigenvalue weighted by molar-refractivity contribution is 0.311. The summed E-state index contributed by atoms with van der Waals surface area (Å²) in [6.45, 7) is 7.44. The molecule has 0 atom stereocenters. The van der Waals surface area contributed by atoms with Gasteiger partial charge in [0.2, 0.25) is 0 Å². The van der Waals surface area contributed by atoms with Crippen LogP contribution in [0.15, 0.2) is 18.2 Å². The summed E-state index contributed by atoms with van der Waals surface area (Å²) in [7, 11) is 0. The summed E-state index contributed by atoms with van der Waals surface area (Å²) in [5.41, 5.74) is 7.89. The summed E-state index contributed by atoms with van der Waals surface area (Å²) in [4.78, 5) is 2.44. The lowest BCUT2D eigenvalue weighted by atomic mass is 9.86. The Bertz CT molecular complexity index is 395. The van der Waals surface area contributed by atoms with E-state index in [9.17, 15) is 0 Å². The van der Waals surface area contributed by atoms with Gasteiger partial charge >= 0.3 is 0 Å². The molecular formula is C15H23ClN2. The molecule has 0 bridgehead atoms. The number of rotatable bonds is 3. The number of hydrogen-bond donors (Lipinski definition) is 1. The third kappa shape index (κ3) is 2.99. The van der Waals surface area contributed by atoms with Crippen molar-refractivity contribution in [2.45, 2.75) is 33.2 Å². The molecule has 2 N–H and O–H groups in total. The fourth-order valence-corrected chi connectivity index (χ4v) is 2.97. The molecule has 0 radical (unpaired) electrons. The minimum absolute atomic E-state index is 0.508. The van der Waals surface area contributed by atoms with Gasteiger partial charge in [0.25, 0.3) is 0 Å². The van der Waals surface area contributed by atoms with Crippen LogP contribution in [0.4, 0.5) is 5.69 Å². The van der Waals surface area contributed by atoms with Crippen molar-refractivity contribution in [3.63, 3.8) is 0 Å². The Labute approximate surface area is 115 Å². The Hall–Kier alpha value is -0.730. The second-order valence-corrected chi connectivity index (χ2v) is 5.96. The summed E-state index contributed by atoms with van der Waals surface area (Å²) in [5.74, 6) is 1.68. The number of nitrogens with zero attached hydrogens (tertiary/aromatic N) is 1. The van der Waals surface area contributed by atoms with Gasteiger partial charge < -0.3 is 10.6 Å². The van der Waals surface area contributed by atoms with E-state index in [1.165, 1.54) is 18.5 Å². The molecule has 0 aromatic heterocycles. The van der Waals surface area contributed by atoms with E-state index in [0.717, 1.165) is 35.5 Å². The lowest BCUT2D eigenvalue weighted by Gasteiger charge is -2.35. The van der Waals surface area contributed by atoms with E-state index in [4.69, 9.17) is 17.3 Å². The smallest absolute Gasteiger partial charge is 0.0471 e. The average molecular weight is 267 g/mol. The van der Waals surface area contributed by atoms with E-state index >= 15 is 0 Å². The number of nitrogens with two attached hydrogens (primary N) is 1. The normalized spacial score (nSPS) is 17.5. The molecule has 1 heterocycles. The molecule has 0 amide bonds. The SMILES string of the molecule is CC(C)C1CCN(c2ccc(CN)c(Cl)c2)CC1. The predicted octanol–water partition coefficient (Wildman–Crippen LogP) is 3.67. The summed E-state index contributed by atoms with van der Waals surface area (Å²) in [5, 5.41) is 0.793. The molecule has 1 aliphatic heterocycles. The Morgan fingerprint density at radius 3 is 2.50 bits per heavy atom. The van der Waals surface area contributed by atoms with Gasteiger partial charge in [-0.2, -0.15) is 0 Å². The third-order valence-electron chi connectivity index (χ3n) is 4.10. The zero-order valence-electron chi connectivity index (χ0n) is 11.3. The molecule has 1 aromatic carbocycles. The van der Waals surface area contributed by atoms with Gasteiger partial charge in [-0.05, 0) is 42.4 Å². The molecule has 1 fully saturated rings. The van der Waals surface area contributed by atoms with Crippen molar-refractivity contribution < 1.29 is 0 Å². The average Bonchev–Trinajstić information content (AvgIpc) is 2.38. The minimum Gasteiger partial charge on any atom is -0.371 e. The Morgan fingerprint density at radius 2 is 2.00 bits per heavy atom. The molecule has 1 aromatic rings. The van der Waals surface area contributed by atoms with Crippen LogP contribution in [-0.2, 0) is 6.54 Å². The molecule has 0 spiro atoms. The zero-order valence-corrected chi connectivity index (χ0v) is 12.1. The second-order valence-electron chi connectivity index (χ2n) is 5.55. The first-order valence-corrected chi connectivity index (χ1v) is 7.23. The first-order valence-electron chi connectivity index (χ1n) is 6.85. The van der Waals surface area contributed by atoms with Gasteiger partial charge in [0.1, 0.15) is 0 Å². The highest BCUT2D eigenvalue weighted by atomic mass is 35.5. The molecule has 3 heteroatoms. The van der Waals surface area contributed by atoms with Crippen molar-refractivity contribution in [1.82, 2.24) is 0 Å². The molecule has 18 heavy (non-hydrogen) atoms. The maximum atomic E-state index is 6.22. The Morgan fingerprint density at radius 1 is 1.33 bits per heavy atom. The highest BCUT2D eigenvalue weighted by Gasteiger charge is 2.21. The van der Waals surface area contributed by atoms with Crippen molar-refractivity contribution in [1.29, 1.82) is 0 Å². The summed E-state index contributed by atoms with van der Waals surface area (Å²) >= 11 is 6.22.